The molecule has 0 fully saturated rings. The maximum atomic E-state index is 5.20. The van der Waals surface area contributed by atoms with Crippen molar-refractivity contribution in [3.63, 3.8) is 0 Å². The summed E-state index contributed by atoms with van der Waals surface area (Å²) in [5.41, 5.74) is 1.99. The van der Waals surface area contributed by atoms with Gasteiger partial charge in [0.1, 0.15) is 5.75 Å². The number of fused-ring (bicyclic) bond motifs is 1. The second-order valence-corrected chi connectivity index (χ2v) is 5.69. The van der Waals surface area contributed by atoms with E-state index in [2.05, 4.69) is 29.1 Å². The highest BCUT2D eigenvalue weighted by molar-refractivity contribution is 7.99. The van der Waals surface area contributed by atoms with Gasteiger partial charge in [0.2, 0.25) is 0 Å². The molecule has 4 nitrogen and oxygen atoms in total. The predicted octanol–water partition coefficient (Wildman–Crippen LogP) is 2.66. The molecule has 18 heavy (non-hydrogen) atoms. The number of imidazole rings is 1. The van der Waals surface area contributed by atoms with Gasteiger partial charge in [0, 0.05) is 17.4 Å². The zero-order valence-corrected chi connectivity index (χ0v) is 12.0. The van der Waals surface area contributed by atoms with Gasteiger partial charge in [-0.15, -0.1) is 0 Å². The molecule has 0 saturated heterocycles. The smallest absolute Gasteiger partial charge is 0.166 e. The quantitative estimate of drug-likeness (QED) is 0.816. The van der Waals surface area contributed by atoms with Crippen molar-refractivity contribution in [1.29, 1.82) is 0 Å². The predicted molar refractivity (Wildman–Crippen MR) is 76.5 cm³/mol. The fraction of sp³-hybridized carbons (Fsp3) is 0.462. The third kappa shape index (κ3) is 2.79. The van der Waals surface area contributed by atoms with Crippen molar-refractivity contribution < 1.29 is 4.74 Å². The van der Waals surface area contributed by atoms with Crippen LogP contribution in [0.5, 0.6) is 5.75 Å². The largest absolute Gasteiger partial charge is 0.497 e. The van der Waals surface area contributed by atoms with E-state index in [1.165, 1.54) is 0 Å². The van der Waals surface area contributed by atoms with E-state index in [-0.39, 0.29) is 0 Å². The number of aromatic nitrogens is 2. The van der Waals surface area contributed by atoms with Crippen LogP contribution in [-0.2, 0) is 0 Å². The SMILES string of the molecule is CNC(C)C(C)Sc1nc2ccc(OC)cc2[nH]1. The number of nitrogens with one attached hydrogen (secondary N) is 2. The first-order valence-corrected chi connectivity index (χ1v) is 6.89. The van der Waals surface area contributed by atoms with Crippen molar-refractivity contribution in [3.8, 4) is 5.75 Å². The van der Waals surface area contributed by atoms with Crippen LogP contribution in [0.15, 0.2) is 23.4 Å². The molecule has 98 valence electrons. The van der Waals surface area contributed by atoms with Crippen molar-refractivity contribution in [3.05, 3.63) is 18.2 Å². The molecule has 1 heterocycles. The Bertz CT molecular complexity index is 526. The maximum absolute atomic E-state index is 5.20. The van der Waals surface area contributed by atoms with E-state index in [4.69, 9.17) is 4.74 Å². The summed E-state index contributed by atoms with van der Waals surface area (Å²) >= 11 is 1.75. The zero-order valence-electron chi connectivity index (χ0n) is 11.2. The molecule has 0 saturated carbocycles. The monoisotopic (exact) mass is 265 g/mol. The third-order valence-corrected chi connectivity index (χ3v) is 4.32. The molecule has 2 aromatic rings. The highest BCUT2D eigenvalue weighted by atomic mass is 32.2. The second-order valence-electron chi connectivity index (χ2n) is 4.33. The molecule has 2 unspecified atom stereocenters. The number of thioether (sulfide) groups is 1. The number of methoxy groups -OCH3 is 1. The first-order valence-electron chi connectivity index (χ1n) is 6.01. The van der Waals surface area contributed by atoms with Gasteiger partial charge in [-0.1, -0.05) is 18.7 Å². The van der Waals surface area contributed by atoms with Crippen LogP contribution in [0.4, 0.5) is 0 Å². The van der Waals surface area contributed by atoms with E-state index in [1.54, 1.807) is 18.9 Å². The van der Waals surface area contributed by atoms with Gasteiger partial charge in [0.05, 0.1) is 18.1 Å². The number of aromatic amines is 1. The summed E-state index contributed by atoms with van der Waals surface area (Å²) in [6, 6.07) is 6.31. The lowest BCUT2D eigenvalue weighted by Gasteiger charge is -2.16. The molecule has 0 aliphatic rings. The minimum absolute atomic E-state index is 0.442. The van der Waals surface area contributed by atoms with Crippen LogP contribution in [-0.4, -0.2) is 35.4 Å². The van der Waals surface area contributed by atoms with Gasteiger partial charge in [0.25, 0.3) is 0 Å². The molecule has 2 atom stereocenters. The summed E-state index contributed by atoms with van der Waals surface area (Å²) < 4.78 is 5.20. The van der Waals surface area contributed by atoms with Crippen molar-refractivity contribution in [1.82, 2.24) is 15.3 Å². The van der Waals surface area contributed by atoms with Crippen LogP contribution in [0.25, 0.3) is 11.0 Å². The van der Waals surface area contributed by atoms with Crippen LogP contribution in [0.1, 0.15) is 13.8 Å². The fourth-order valence-electron chi connectivity index (χ4n) is 1.66. The summed E-state index contributed by atoms with van der Waals surface area (Å²) in [6.07, 6.45) is 0. The maximum Gasteiger partial charge on any atom is 0.166 e. The number of ether oxygens (including phenoxy) is 1. The number of nitrogens with zero attached hydrogens (tertiary/aromatic N) is 1. The van der Waals surface area contributed by atoms with Crippen molar-refractivity contribution >= 4 is 22.8 Å². The van der Waals surface area contributed by atoms with Gasteiger partial charge < -0.3 is 15.0 Å². The van der Waals surface area contributed by atoms with Gasteiger partial charge in [0.15, 0.2) is 5.16 Å². The number of hydrogen-bond donors (Lipinski definition) is 2. The summed E-state index contributed by atoms with van der Waals surface area (Å²) in [6.45, 7) is 4.36. The Kier molecular flexibility index (Phi) is 4.14. The molecule has 1 aromatic carbocycles. The Morgan fingerprint density at radius 2 is 2.17 bits per heavy atom. The molecular weight excluding hydrogens is 246 g/mol. The van der Waals surface area contributed by atoms with Gasteiger partial charge in [-0.2, -0.15) is 0 Å². The van der Waals surface area contributed by atoms with E-state index in [1.807, 2.05) is 25.2 Å². The van der Waals surface area contributed by atoms with Crippen molar-refractivity contribution in [2.45, 2.75) is 30.3 Å². The normalized spacial score (nSPS) is 14.7. The summed E-state index contributed by atoms with van der Waals surface area (Å²) in [5, 5.41) is 4.66. The Balaban J connectivity index is 2.19. The van der Waals surface area contributed by atoms with Crippen LogP contribution in [0.2, 0.25) is 0 Å². The molecular formula is C13H19N3OS. The summed E-state index contributed by atoms with van der Waals surface area (Å²) in [7, 11) is 3.65. The lowest BCUT2D eigenvalue weighted by Crippen LogP contribution is -2.30. The highest BCUT2D eigenvalue weighted by Crippen LogP contribution is 2.26. The van der Waals surface area contributed by atoms with Gasteiger partial charge >= 0.3 is 0 Å². The Morgan fingerprint density at radius 3 is 2.83 bits per heavy atom. The molecule has 0 aliphatic heterocycles. The summed E-state index contributed by atoms with van der Waals surface area (Å²) in [5.74, 6) is 0.847. The lowest BCUT2D eigenvalue weighted by atomic mass is 10.3. The van der Waals surface area contributed by atoms with Crippen molar-refractivity contribution in [2.24, 2.45) is 0 Å². The molecule has 0 spiro atoms. The van der Waals surface area contributed by atoms with Crippen LogP contribution in [0, 0.1) is 0 Å². The third-order valence-electron chi connectivity index (χ3n) is 3.12. The number of H-pyrrole nitrogens is 1. The molecule has 5 heteroatoms. The van der Waals surface area contributed by atoms with Gasteiger partial charge in [-0.3, -0.25) is 0 Å². The van der Waals surface area contributed by atoms with Crippen LogP contribution >= 0.6 is 11.8 Å². The van der Waals surface area contributed by atoms with Gasteiger partial charge in [-0.25, -0.2) is 4.98 Å². The molecule has 1 aromatic heterocycles. The first kappa shape index (κ1) is 13.2. The van der Waals surface area contributed by atoms with E-state index >= 15 is 0 Å². The summed E-state index contributed by atoms with van der Waals surface area (Å²) in [4.78, 5) is 7.89. The Hall–Kier alpha value is -1.20. The first-order chi connectivity index (χ1) is 8.63. The van der Waals surface area contributed by atoms with E-state index in [0.717, 1.165) is 21.9 Å². The standard InChI is InChI=1S/C13H19N3OS/c1-8(14-3)9(2)18-13-15-11-6-5-10(17-4)7-12(11)16-13/h5-9,14H,1-4H3,(H,15,16). The zero-order chi connectivity index (χ0) is 13.1. The van der Waals surface area contributed by atoms with Crippen molar-refractivity contribution in [2.75, 3.05) is 14.2 Å². The molecule has 2 N–H and O–H groups in total. The Morgan fingerprint density at radius 1 is 1.39 bits per heavy atom. The topological polar surface area (TPSA) is 49.9 Å². The highest BCUT2D eigenvalue weighted by Gasteiger charge is 2.14. The molecule has 0 radical (unpaired) electrons. The van der Waals surface area contributed by atoms with Gasteiger partial charge in [-0.05, 0) is 26.1 Å². The molecule has 0 amide bonds. The average Bonchev–Trinajstić information content (AvgIpc) is 2.78. The van der Waals surface area contributed by atoms with Crippen LogP contribution in [0.3, 0.4) is 0 Å². The second kappa shape index (κ2) is 5.63. The van der Waals surface area contributed by atoms with E-state index in [9.17, 15) is 0 Å². The molecule has 0 aliphatic carbocycles. The number of rotatable bonds is 5. The minimum atomic E-state index is 0.442. The van der Waals surface area contributed by atoms with E-state index < -0.39 is 0 Å². The Labute approximate surface area is 112 Å². The number of benzene rings is 1. The fourth-order valence-corrected chi connectivity index (χ4v) is 2.67. The van der Waals surface area contributed by atoms with Crippen LogP contribution < -0.4 is 10.1 Å². The van der Waals surface area contributed by atoms with E-state index in [0.29, 0.717) is 11.3 Å². The lowest BCUT2D eigenvalue weighted by molar-refractivity contribution is 0.415. The number of hydrogen-bond acceptors (Lipinski definition) is 4. The molecule has 0 bridgehead atoms. The minimum Gasteiger partial charge on any atom is -0.497 e. The molecule has 2 rings (SSSR count). The average molecular weight is 265 g/mol.